The predicted octanol–water partition coefficient (Wildman–Crippen LogP) is 5.28. The van der Waals surface area contributed by atoms with Crippen LogP contribution in [0, 0.1) is 24.2 Å². The molecule has 0 N–H and O–H groups in total. The van der Waals surface area contributed by atoms with Crippen molar-refractivity contribution in [3.05, 3.63) is 67.8 Å². The molecule has 210 valence electrons. The first-order chi connectivity index (χ1) is 19.4. The molecule has 1 amide bonds. The van der Waals surface area contributed by atoms with Crippen molar-refractivity contribution in [2.45, 2.75) is 65.0 Å². The molecular formula is C31H36N4O3S2. The lowest BCUT2D eigenvalue weighted by atomic mass is 9.90. The number of carbonyl (C=O) groups is 1. The van der Waals surface area contributed by atoms with Crippen molar-refractivity contribution in [3.63, 3.8) is 0 Å². The van der Waals surface area contributed by atoms with Crippen molar-refractivity contribution in [3.8, 4) is 6.07 Å². The normalized spacial score (nSPS) is 21.0. The average molecular weight is 577 g/mol. The summed E-state index contributed by atoms with van der Waals surface area (Å²) >= 11 is 6.88. The summed E-state index contributed by atoms with van der Waals surface area (Å²) in [7, 11) is 0. The Hall–Kier alpha value is -2.93. The molecule has 3 aliphatic heterocycles. The molecule has 7 nitrogen and oxygen atoms in total. The number of amides is 1. The van der Waals surface area contributed by atoms with Crippen molar-refractivity contribution >= 4 is 46.1 Å². The van der Waals surface area contributed by atoms with E-state index in [9.17, 15) is 14.9 Å². The first kappa shape index (κ1) is 28.6. The third-order valence-corrected chi connectivity index (χ3v) is 9.51. The molecule has 3 fully saturated rings. The molecule has 1 atom stereocenters. The number of rotatable bonds is 8. The largest absolute Gasteiger partial charge is 0.376 e. The quantitative estimate of drug-likeness (QED) is 0.313. The highest BCUT2D eigenvalue weighted by atomic mass is 32.2. The smallest absolute Gasteiger partial charge is 0.270 e. The van der Waals surface area contributed by atoms with E-state index < -0.39 is 0 Å². The minimum atomic E-state index is -0.258. The second-order valence-electron chi connectivity index (χ2n) is 10.9. The summed E-state index contributed by atoms with van der Waals surface area (Å²) in [4.78, 5) is 31.5. The van der Waals surface area contributed by atoms with Gasteiger partial charge in [0.2, 0.25) is 0 Å². The van der Waals surface area contributed by atoms with Crippen LogP contribution in [-0.4, -0.2) is 52.0 Å². The number of hydrogen-bond acceptors (Lipinski definition) is 7. The fourth-order valence-electron chi connectivity index (χ4n) is 5.99. The van der Waals surface area contributed by atoms with Gasteiger partial charge >= 0.3 is 0 Å². The first-order valence-corrected chi connectivity index (χ1v) is 15.5. The van der Waals surface area contributed by atoms with Crippen LogP contribution in [0.2, 0.25) is 0 Å². The Morgan fingerprint density at radius 1 is 1.18 bits per heavy atom. The van der Waals surface area contributed by atoms with Crippen LogP contribution in [0.4, 0.5) is 5.82 Å². The molecule has 3 saturated heterocycles. The second kappa shape index (κ2) is 12.7. The fourth-order valence-corrected chi connectivity index (χ4v) is 7.25. The zero-order chi connectivity index (χ0) is 28.2. The SMILES string of the molecule is CCCn1c(N2CCC(Cc3ccccc3)CC2)c(/C=C2/SC(=S)N(CC3CCCO3)C2=O)c(C)c(C#N)c1=O. The molecule has 9 heteroatoms. The van der Waals surface area contributed by atoms with Gasteiger partial charge in [-0.1, -0.05) is 61.2 Å². The Morgan fingerprint density at radius 2 is 1.93 bits per heavy atom. The minimum Gasteiger partial charge on any atom is -0.376 e. The molecule has 0 aliphatic carbocycles. The first-order valence-electron chi connectivity index (χ1n) is 14.2. The van der Waals surface area contributed by atoms with Crippen LogP contribution >= 0.6 is 24.0 Å². The molecule has 4 heterocycles. The molecule has 40 heavy (non-hydrogen) atoms. The standard InChI is InChI=1S/C31H36N4O3S2/c1-3-13-34-28(33-14-11-23(12-15-33)17-22-8-5-4-6-9-22)25(21(2)26(19-32)29(34)36)18-27-30(37)35(31(39)40-27)20-24-10-7-16-38-24/h4-6,8-9,18,23-24H,3,7,10-17,20H2,1-2H3/b27-18+. The highest BCUT2D eigenvalue weighted by Crippen LogP contribution is 2.37. The van der Waals surface area contributed by atoms with Gasteiger partial charge in [0.05, 0.1) is 17.6 Å². The fraction of sp³-hybridized carbons (Fsp3) is 0.484. The Balaban J connectivity index is 1.48. The maximum atomic E-state index is 13.5. The summed E-state index contributed by atoms with van der Waals surface area (Å²) in [6, 6.07) is 12.7. The van der Waals surface area contributed by atoms with Crippen molar-refractivity contribution in [1.82, 2.24) is 9.47 Å². The van der Waals surface area contributed by atoms with E-state index in [1.807, 2.05) is 26.0 Å². The second-order valence-corrected chi connectivity index (χ2v) is 12.5. The van der Waals surface area contributed by atoms with E-state index in [1.54, 1.807) is 9.47 Å². The van der Waals surface area contributed by atoms with E-state index in [-0.39, 0.29) is 23.1 Å². The monoisotopic (exact) mass is 576 g/mol. The zero-order valence-corrected chi connectivity index (χ0v) is 24.9. The summed E-state index contributed by atoms with van der Waals surface area (Å²) in [5.41, 5.74) is 2.61. The number of aromatic nitrogens is 1. The lowest BCUT2D eigenvalue weighted by Gasteiger charge is -2.36. The molecular weight excluding hydrogens is 541 g/mol. The number of piperidine rings is 1. The number of nitrogens with zero attached hydrogens (tertiary/aromatic N) is 4. The van der Waals surface area contributed by atoms with Gasteiger partial charge in [0.15, 0.2) is 0 Å². The molecule has 3 aliphatic rings. The maximum Gasteiger partial charge on any atom is 0.270 e. The van der Waals surface area contributed by atoms with Gasteiger partial charge in [0.1, 0.15) is 21.8 Å². The molecule has 0 spiro atoms. The van der Waals surface area contributed by atoms with Crippen molar-refractivity contribution in [1.29, 1.82) is 5.26 Å². The topological polar surface area (TPSA) is 78.6 Å². The van der Waals surface area contributed by atoms with Crippen LogP contribution < -0.4 is 10.5 Å². The van der Waals surface area contributed by atoms with Gasteiger partial charge in [0.25, 0.3) is 11.5 Å². The highest BCUT2D eigenvalue weighted by molar-refractivity contribution is 8.26. The zero-order valence-electron chi connectivity index (χ0n) is 23.2. The molecule has 1 aromatic carbocycles. The van der Waals surface area contributed by atoms with Crippen LogP contribution in [0.1, 0.15) is 61.3 Å². The molecule has 2 aromatic rings. The maximum absolute atomic E-state index is 13.5. The third kappa shape index (κ3) is 5.90. The number of thioether (sulfide) groups is 1. The van der Waals surface area contributed by atoms with E-state index in [0.29, 0.717) is 33.8 Å². The van der Waals surface area contributed by atoms with E-state index in [2.05, 4.69) is 35.2 Å². The molecule has 1 unspecified atom stereocenters. The number of pyridine rings is 1. The predicted molar refractivity (Wildman–Crippen MR) is 164 cm³/mol. The Kier molecular flexibility index (Phi) is 9.09. The van der Waals surface area contributed by atoms with E-state index in [0.717, 1.165) is 69.6 Å². The Labute approximate surface area is 245 Å². The van der Waals surface area contributed by atoms with Gasteiger partial charge in [-0.05, 0) is 68.6 Å². The van der Waals surface area contributed by atoms with Gasteiger partial charge in [-0.15, -0.1) is 0 Å². The van der Waals surface area contributed by atoms with Crippen LogP contribution in [0.15, 0.2) is 40.0 Å². The van der Waals surface area contributed by atoms with Gasteiger partial charge < -0.3 is 9.64 Å². The lowest BCUT2D eigenvalue weighted by Crippen LogP contribution is -2.40. The number of nitriles is 1. The summed E-state index contributed by atoms with van der Waals surface area (Å²) in [6.45, 7) is 7.16. The molecule has 0 bridgehead atoms. The van der Waals surface area contributed by atoms with Gasteiger partial charge in [-0.3, -0.25) is 19.1 Å². The van der Waals surface area contributed by atoms with E-state index >= 15 is 0 Å². The number of benzene rings is 1. The lowest BCUT2D eigenvalue weighted by molar-refractivity contribution is -0.123. The van der Waals surface area contributed by atoms with Gasteiger partial charge in [0, 0.05) is 31.8 Å². The average Bonchev–Trinajstić information content (AvgIpc) is 3.57. The van der Waals surface area contributed by atoms with E-state index in [4.69, 9.17) is 17.0 Å². The third-order valence-electron chi connectivity index (χ3n) is 8.13. The summed E-state index contributed by atoms with van der Waals surface area (Å²) in [6.07, 6.45) is 7.61. The van der Waals surface area contributed by atoms with Crippen molar-refractivity contribution < 1.29 is 9.53 Å². The Bertz CT molecular complexity index is 1400. The number of carbonyl (C=O) groups excluding carboxylic acids is 1. The van der Waals surface area contributed by atoms with Gasteiger partial charge in [-0.2, -0.15) is 5.26 Å². The molecule has 5 rings (SSSR count). The highest BCUT2D eigenvalue weighted by Gasteiger charge is 2.36. The van der Waals surface area contributed by atoms with Crippen molar-refractivity contribution in [2.24, 2.45) is 5.92 Å². The van der Waals surface area contributed by atoms with Crippen LogP contribution in [-0.2, 0) is 22.5 Å². The van der Waals surface area contributed by atoms with Crippen LogP contribution in [0.3, 0.4) is 0 Å². The minimum absolute atomic E-state index is 0.00739. The molecule has 1 aromatic heterocycles. The summed E-state index contributed by atoms with van der Waals surface area (Å²) < 4.78 is 8.03. The van der Waals surface area contributed by atoms with Crippen molar-refractivity contribution in [2.75, 3.05) is 31.1 Å². The number of thiocarbonyl (C=S) groups is 1. The Morgan fingerprint density at radius 3 is 2.58 bits per heavy atom. The van der Waals surface area contributed by atoms with Gasteiger partial charge in [-0.25, -0.2) is 0 Å². The van der Waals surface area contributed by atoms with Crippen LogP contribution in [0.5, 0.6) is 0 Å². The van der Waals surface area contributed by atoms with E-state index in [1.165, 1.54) is 17.3 Å². The molecule has 0 saturated carbocycles. The summed E-state index contributed by atoms with van der Waals surface area (Å²) in [5, 5.41) is 9.94. The van der Waals surface area contributed by atoms with Crippen LogP contribution in [0.25, 0.3) is 6.08 Å². The number of ether oxygens (including phenoxy) is 1. The number of hydrogen-bond donors (Lipinski definition) is 0. The summed E-state index contributed by atoms with van der Waals surface area (Å²) in [5.74, 6) is 1.25. The number of anilines is 1. The molecule has 0 radical (unpaired) electrons.